The minimum Gasteiger partial charge on any atom is -0.377 e. The molecule has 6 nitrogen and oxygen atoms in total. The zero-order chi connectivity index (χ0) is 15.3. The van der Waals surface area contributed by atoms with Crippen molar-refractivity contribution >= 4 is 6.03 Å². The second-order valence-corrected chi connectivity index (χ2v) is 7.05. The molecule has 1 saturated heterocycles. The lowest BCUT2D eigenvalue weighted by Gasteiger charge is -2.63. The average molecular weight is 304 g/mol. The number of nitrogens with zero attached hydrogens (tertiary/aromatic N) is 1. The largest absolute Gasteiger partial charge is 0.377 e. The van der Waals surface area contributed by atoms with E-state index in [0.29, 0.717) is 24.6 Å². The Morgan fingerprint density at radius 3 is 2.91 bits per heavy atom. The first-order valence-corrected chi connectivity index (χ1v) is 8.28. The zero-order valence-corrected chi connectivity index (χ0v) is 13.2. The number of hydrogen-bond acceptors (Lipinski definition) is 3. The lowest BCUT2D eigenvalue weighted by atomic mass is 9.46. The summed E-state index contributed by atoms with van der Waals surface area (Å²) in [5, 5.41) is 13.3. The van der Waals surface area contributed by atoms with Crippen LogP contribution in [0.25, 0.3) is 0 Å². The Morgan fingerprint density at radius 2 is 2.27 bits per heavy atom. The monoisotopic (exact) mass is 304 g/mol. The smallest absolute Gasteiger partial charge is 0.315 e. The van der Waals surface area contributed by atoms with Crippen molar-refractivity contribution in [3.63, 3.8) is 0 Å². The van der Waals surface area contributed by atoms with Gasteiger partial charge in [0.2, 0.25) is 0 Å². The van der Waals surface area contributed by atoms with Crippen molar-refractivity contribution < 1.29 is 9.53 Å². The summed E-state index contributed by atoms with van der Waals surface area (Å²) in [5.74, 6) is 0.517. The molecule has 2 amide bonds. The molecular formula is C16H24N4O2. The molecular weight excluding hydrogens is 280 g/mol. The van der Waals surface area contributed by atoms with E-state index in [1.54, 1.807) is 0 Å². The molecule has 0 aromatic carbocycles. The lowest BCUT2D eigenvalue weighted by Crippen LogP contribution is -2.72. The Bertz CT molecular complexity index is 573. The lowest BCUT2D eigenvalue weighted by molar-refractivity contribution is -0.172. The number of carbonyl (C=O) groups excluding carboxylic acids is 1. The third kappa shape index (κ3) is 1.89. The number of hydrogen-bond donors (Lipinski definition) is 3. The number of rotatable bonds is 3. The fourth-order valence-corrected chi connectivity index (χ4v) is 4.65. The van der Waals surface area contributed by atoms with Crippen LogP contribution in [0.1, 0.15) is 42.6 Å². The van der Waals surface area contributed by atoms with Crippen LogP contribution in [0.2, 0.25) is 0 Å². The maximum absolute atomic E-state index is 12.3. The van der Waals surface area contributed by atoms with Crippen LogP contribution in [0.4, 0.5) is 4.79 Å². The molecule has 2 heterocycles. The third-order valence-corrected chi connectivity index (χ3v) is 6.03. The SMILES string of the molecule is Cc1n[nH]c(C)c1CNC(=O)N[C@@H]1[C@H]2CCO[C@H]2C12CCC2. The predicted octanol–water partition coefficient (Wildman–Crippen LogP) is 1.78. The molecule has 3 N–H and O–H groups in total. The average Bonchev–Trinajstić information content (AvgIpc) is 2.99. The minimum atomic E-state index is -0.0679. The molecule has 0 unspecified atom stereocenters. The van der Waals surface area contributed by atoms with E-state index in [-0.39, 0.29) is 11.4 Å². The summed E-state index contributed by atoms with van der Waals surface area (Å²) in [4.78, 5) is 12.3. The van der Waals surface area contributed by atoms with E-state index in [1.165, 1.54) is 19.3 Å². The maximum atomic E-state index is 12.3. The Kier molecular flexibility index (Phi) is 3.18. The van der Waals surface area contributed by atoms with Gasteiger partial charge < -0.3 is 15.4 Å². The molecule has 0 radical (unpaired) electrons. The molecule has 1 spiro atoms. The Balaban J connectivity index is 1.36. The molecule has 3 atom stereocenters. The molecule has 2 aliphatic carbocycles. The first-order valence-electron chi connectivity index (χ1n) is 8.28. The maximum Gasteiger partial charge on any atom is 0.315 e. The highest BCUT2D eigenvalue weighted by molar-refractivity contribution is 5.74. The van der Waals surface area contributed by atoms with Gasteiger partial charge in [-0.25, -0.2) is 4.79 Å². The molecule has 1 aromatic rings. The second kappa shape index (κ2) is 4.98. The van der Waals surface area contributed by atoms with Crippen molar-refractivity contribution in [2.24, 2.45) is 11.3 Å². The Morgan fingerprint density at radius 1 is 1.45 bits per heavy atom. The van der Waals surface area contributed by atoms with Gasteiger partial charge in [0, 0.05) is 41.8 Å². The number of amides is 2. The van der Waals surface area contributed by atoms with Crippen LogP contribution in [-0.2, 0) is 11.3 Å². The fourth-order valence-electron chi connectivity index (χ4n) is 4.65. The van der Waals surface area contributed by atoms with Crippen LogP contribution in [0.5, 0.6) is 0 Å². The van der Waals surface area contributed by atoms with Gasteiger partial charge in [0.15, 0.2) is 0 Å². The number of nitrogens with one attached hydrogen (secondary N) is 3. The van der Waals surface area contributed by atoms with Crippen molar-refractivity contribution in [2.45, 2.75) is 58.2 Å². The van der Waals surface area contributed by atoms with Gasteiger partial charge in [-0.2, -0.15) is 5.10 Å². The number of carbonyl (C=O) groups is 1. The number of aromatic amines is 1. The van der Waals surface area contributed by atoms with E-state index >= 15 is 0 Å². The standard InChI is InChI=1S/C16H24N4O2/c1-9-12(10(2)20-19-9)8-17-15(21)18-13-11-4-7-22-14(11)16(13)5-3-6-16/h11,13-14H,3-8H2,1-2H3,(H,19,20)(H2,17,18,21)/t11-,13-,14-/m1/s1. The number of ether oxygens (including phenoxy) is 1. The normalized spacial score (nSPS) is 31.3. The molecule has 120 valence electrons. The first kappa shape index (κ1) is 14.1. The van der Waals surface area contributed by atoms with Crippen molar-refractivity contribution in [1.29, 1.82) is 0 Å². The van der Waals surface area contributed by atoms with E-state index in [1.807, 2.05) is 13.8 Å². The topological polar surface area (TPSA) is 79.0 Å². The van der Waals surface area contributed by atoms with Gasteiger partial charge in [0.05, 0.1) is 11.8 Å². The fraction of sp³-hybridized carbons (Fsp3) is 0.750. The van der Waals surface area contributed by atoms with E-state index in [9.17, 15) is 4.79 Å². The summed E-state index contributed by atoms with van der Waals surface area (Å²) < 4.78 is 5.89. The summed E-state index contributed by atoms with van der Waals surface area (Å²) in [7, 11) is 0. The van der Waals surface area contributed by atoms with Gasteiger partial charge in [-0.15, -0.1) is 0 Å². The van der Waals surface area contributed by atoms with Gasteiger partial charge in [0.25, 0.3) is 0 Å². The quantitative estimate of drug-likeness (QED) is 0.796. The number of aromatic nitrogens is 2. The Hall–Kier alpha value is -1.56. The molecule has 3 fully saturated rings. The molecule has 0 bridgehead atoms. The zero-order valence-electron chi connectivity index (χ0n) is 13.2. The van der Waals surface area contributed by atoms with E-state index in [0.717, 1.165) is 30.0 Å². The highest BCUT2D eigenvalue weighted by Gasteiger charge is 2.66. The number of fused-ring (bicyclic) bond motifs is 2. The second-order valence-electron chi connectivity index (χ2n) is 7.05. The van der Waals surface area contributed by atoms with Crippen LogP contribution in [0.15, 0.2) is 0 Å². The molecule has 2 saturated carbocycles. The van der Waals surface area contributed by atoms with Gasteiger partial charge in [-0.05, 0) is 33.1 Å². The van der Waals surface area contributed by atoms with Crippen LogP contribution in [0.3, 0.4) is 0 Å². The van der Waals surface area contributed by atoms with Crippen molar-refractivity contribution in [3.05, 3.63) is 17.0 Å². The van der Waals surface area contributed by atoms with E-state index in [4.69, 9.17) is 4.74 Å². The summed E-state index contributed by atoms with van der Waals surface area (Å²) in [6.45, 7) is 5.30. The number of urea groups is 1. The van der Waals surface area contributed by atoms with Gasteiger partial charge in [-0.3, -0.25) is 5.10 Å². The predicted molar refractivity (Wildman–Crippen MR) is 81.4 cm³/mol. The van der Waals surface area contributed by atoms with Crippen LogP contribution in [-0.4, -0.2) is 35.0 Å². The third-order valence-electron chi connectivity index (χ3n) is 6.03. The summed E-state index contributed by atoms with van der Waals surface area (Å²) in [6, 6.07) is 0.224. The van der Waals surface area contributed by atoms with E-state index in [2.05, 4.69) is 20.8 Å². The van der Waals surface area contributed by atoms with Gasteiger partial charge >= 0.3 is 6.03 Å². The Labute approximate surface area is 130 Å². The molecule has 1 aliphatic heterocycles. The summed E-state index contributed by atoms with van der Waals surface area (Å²) in [5.41, 5.74) is 3.27. The van der Waals surface area contributed by atoms with Crippen molar-refractivity contribution in [1.82, 2.24) is 20.8 Å². The van der Waals surface area contributed by atoms with Gasteiger partial charge in [0.1, 0.15) is 0 Å². The number of H-pyrrole nitrogens is 1. The highest BCUT2D eigenvalue weighted by Crippen LogP contribution is 2.62. The van der Waals surface area contributed by atoms with Crippen LogP contribution < -0.4 is 10.6 Å². The highest BCUT2D eigenvalue weighted by atomic mass is 16.5. The molecule has 4 rings (SSSR count). The van der Waals surface area contributed by atoms with E-state index < -0.39 is 0 Å². The molecule has 6 heteroatoms. The van der Waals surface area contributed by atoms with Crippen LogP contribution in [0, 0.1) is 25.2 Å². The first-order chi connectivity index (χ1) is 10.6. The molecule has 22 heavy (non-hydrogen) atoms. The molecule has 1 aromatic heterocycles. The summed E-state index contributed by atoms with van der Waals surface area (Å²) >= 11 is 0. The van der Waals surface area contributed by atoms with Crippen molar-refractivity contribution in [3.8, 4) is 0 Å². The summed E-state index contributed by atoms with van der Waals surface area (Å²) in [6.07, 6.45) is 5.12. The van der Waals surface area contributed by atoms with Crippen molar-refractivity contribution in [2.75, 3.05) is 6.61 Å². The van der Waals surface area contributed by atoms with Crippen LogP contribution >= 0.6 is 0 Å². The minimum absolute atomic E-state index is 0.0679. The number of aryl methyl sites for hydroxylation is 2. The van der Waals surface area contributed by atoms with Gasteiger partial charge in [-0.1, -0.05) is 6.42 Å². The molecule has 3 aliphatic rings.